The molecule has 39 heavy (non-hydrogen) atoms. The van der Waals surface area contributed by atoms with Crippen molar-refractivity contribution in [3.8, 4) is 5.75 Å². The van der Waals surface area contributed by atoms with Gasteiger partial charge in [-0.05, 0) is 61.1 Å². The zero-order chi connectivity index (χ0) is 28.3. The number of benzene rings is 3. The van der Waals surface area contributed by atoms with Crippen molar-refractivity contribution in [1.82, 2.24) is 0 Å². The van der Waals surface area contributed by atoms with Gasteiger partial charge in [-0.15, -0.1) is 0 Å². The molecule has 1 nitrogen and oxygen atoms in total. The number of hydrogen-bond acceptors (Lipinski definition) is 1. The maximum atomic E-state index is 15.2. The SMILES string of the molecule is CCCCCC1CC=C(CCc2cc3ccc(C(F)(F)Oc4cc(F)c(F)c(Cl)c4)c(F)c3c(F)c2F)CC1. The second-order valence-electron chi connectivity index (χ2n) is 10.0. The van der Waals surface area contributed by atoms with Gasteiger partial charge in [-0.3, -0.25) is 0 Å². The first kappa shape index (κ1) is 29.2. The van der Waals surface area contributed by atoms with Crippen molar-refractivity contribution in [3.63, 3.8) is 0 Å². The number of aryl methyl sites for hydroxylation is 1. The number of ether oxygens (including phenoxy) is 1. The van der Waals surface area contributed by atoms with Gasteiger partial charge in [-0.2, -0.15) is 8.78 Å². The zero-order valence-corrected chi connectivity index (χ0v) is 22.1. The Labute approximate surface area is 227 Å². The summed E-state index contributed by atoms with van der Waals surface area (Å²) in [6.45, 7) is 2.17. The highest BCUT2D eigenvalue weighted by molar-refractivity contribution is 6.30. The summed E-state index contributed by atoms with van der Waals surface area (Å²) in [4.78, 5) is 0. The van der Waals surface area contributed by atoms with E-state index in [-0.39, 0.29) is 17.4 Å². The lowest BCUT2D eigenvalue weighted by molar-refractivity contribution is -0.187. The number of fused-ring (bicyclic) bond motifs is 1. The first-order valence-electron chi connectivity index (χ1n) is 13.0. The minimum Gasteiger partial charge on any atom is -0.429 e. The average Bonchev–Trinajstić information content (AvgIpc) is 2.89. The van der Waals surface area contributed by atoms with Crippen molar-refractivity contribution in [2.24, 2.45) is 5.92 Å². The van der Waals surface area contributed by atoms with Crippen LogP contribution in [0.5, 0.6) is 5.75 Å². The molecule has 4 rings (SSSR count). The average molecular weight is 573 g/mol. The molecule has 0 aromatic heterocycles. The quantitative estimate of drug-likeness (QED) is 0.102. The number of rotatable bonds is 10. The third-order valence-electron chi connectivity index (χ3n) is 7.26. The molecule has 1 aliphatic rings. The second-order valence-corrected chi connectivity index (χ2v) is 10.4. The topological polar surface area (TPSA) is 9.23 Å². The van der Waals surface area contributed by atoms with E-state index in [1.165, 1.54) is 31.7 Å². The summed E-state index contributed by atoms with van der Waals surface area (Å²) in [6.07, 6.45) is 6.15. The van der Waals surface area contributed by atoms with Gasteiger partial charge in [0.05, 0.1) is 10.4 Å². The molecular formula is C30H28ClF7O. The number of alkyl halides is 2. The van der Waals surface area contributed by atoms with E-state index in [4.69, 9.17) is 11.6 Å². The molecule has 0 spiro atoms. The highest BCUT2D eigenvalue weighted by Crippen LogP contribution is 2.39. The number of unbranched alkanes of at least 4 members (excludes halogenated alkanes) is 2. The largest absolute Gasteiger partial charge is 0.429 e. The van der Waals surface area contributed by atoms with Crippen molar-refractivity contribution in [2.45, 2.75) is 70.8 Å². The van der Waals surface area contributed by atoms with Gasteiger partial charge in [0.1, 0.15) is 17.1 Å². The van der Waals surface area contributed by atoms with Crippen molar-refractivity contribution in [1.29, 1.82) is 0 Å². The van der Waals surface area contributed by atoms with E-state index in [0.717, 1.165) is 30.9 Å². The van der Waals surface area contributed by atoms with Crippen LogP contribution in [0.1, 0.15) is 69.4 Å². The lowest BCUT2D eigenvalue weighted by Crippen LogP contribution is -2.24. The normalized spacial score (nSPS) is 16.0. The van der Waals surface area contributed by atoms with Crippen LogP contribution in [0.15, 0.2) is 42.0 Å². The van der Waals surface area contributed by atoms with Crippen LogP contribution >= 0.6 is 11.6 Å². The summed E-state index contributed by atoms with van der Waals surface area (Å²) in [5.41, 5.74) is -0.211. The molecule has 0 fully saturated rings. The summed E-state index contributed by atoms with van der Waals surface area (Å²) < 4.78 is 106. The van der Waals surface area contributed by atoms with Gasteiger partial charge >= 0.3 is 6.11 Å². The van der Waals surface area contributed by atoms with Gasteiger partial charge in [0.15, 0.2) is 23.3 Å². The van der Waals surface area contributed by atoms with Crippen LogP contribution in [0.25, 0.3) is 10.8 Å². The molecule has 1 atom stereocenters. The van der Waals surface area contributed by atoms with Crippen molar-refractivity contribution < 1.29 is 35.5 Å². The lowest BCUT2D eigenvalue weighted by atomic mass is 9.84. The maximum absolute atomic E-state index is 15.2. The molecule has 0 bridgehead atoms. The smallest absolute Gasteiger partial charge is 0.429 e. The van der Waals surface area contributed by atoms with Gasteiger partial charge in [0, 0.05) is 12.1 Å². The van der Waals surface area contributed by atoms with E-state index < -0.39 is 56.9 Å². The van der Waals surface area contributed by atoms with Crippen molar-refractivity contribution >= 4 is 22.4 Å². The van der Waals surface area contributed by atoms with Crippen LogP contribution in [0.2, 0.25) is 5.02 Å². The highest BCUT2D eigenvalue weighted by atomic mass is 35.5. The number of allylic oxidation sites excluding steroid dienone is 2. The van der Waals surface area contributed by atoms with E-state index in [2.05, 4.69) is 17.7 Å². The maximum Gasteiger partial charge on any atom is 0.429 e. The lowest BCUT2D eigenvalue weighted by Gasteiger charge is -2.22. The summed E-state index contributed by atoms with van der Waals surface area (Å²) in [6, 6.07) is 3.88. The van der Waals surface area contributed by atoms with E-state index in [9.17, 15) is 22.0 Å². The van der Waals surface area contributed by atoms with Crippen LogP contribution in [0, 0.1) is 35.0 Å². The Kier molecular flexibility index (Phi) is 9.14. The molecule has 1 unspecified atom stereocenters. The summed E-state index contributed by atoms with van der Waals surface area (Å²) in [5.74, 6) is -7.86. The van der Waals surface area contributed by atoms with Gasteiger partial charge < -0.3 is 4.74 Å². The van der Waals surface area contributed by atoms with Gasteiger partial charge in [-0.1, -0.05) is 61.9 Å². The summed E-state index contributed by atoms with van der Waals surface area (Å²) in [7, 11) is 0. The molecule has 1 aliphatic carbocycles. The first-order chi connectivity index (χ1) is 18.5. The van der Waals surface area contributed by atoms with Gasteiger partial charge in [-0.25, -0.2) is 22.0 Å². The molecule has 0 radical (unpaired) electrons. The standard InChI is InChI=1S/C30H28ClF7O/c1-2-3-4-5-17-6-8-18(9-7-17)10-11-20-14-19-12-13-22(27(34)25(19)29(36)26(20)33)30(37,38)39-21-15-23(31)28(35)24(32)16-21/h8,12-17H,2-7,9-11H2,1H3. The molecule has 3 aromatic rings. The Balaban J connectivity index is 1.53. The zero-order valence-electron chi connectivity index (χ0n) is 21.3. The van der Waals surface area contributed by atoms with E-state index >= 15 is 8.78 Å². The van der Waals surface area contributed by atoms with Crippen LogP contribution in [-0.4, -0.2) is 0 Å². The van der Waals surface area contributed by atoms with Crippen LogP contribution in [0.3, 0.4) is 0 Å². The predicted octanol–water partition coefficient (Wildman–Crippen LogP) is 10.6. The summed E-state index contributed by atoms with van der Waals surface area (Å²) >= 11 is 5.45. The Morgan fingerprint density at radius 2 is 1.69 bits per heavy atom. The van der Waals surface area contributed by atoms with Gasteiger partial charge in [0.25, 0.3) is 0 Å². The Morgan fingerprint density at radius 3 is 2.36 bits per heavy atom. The Bertz CT molecular complexity index is 1360. The number of halogens is 8. The van der Waals surface area contributed by atoms with Crippen LogP contribution in [0.4, 0.5) is 30.7 Å². The third-order valence-corrected chi connectivity index (χ3v) is 7.53. The van der Waals surface area contributed by atoms with Crippen molar-refractivity contribution in [2.75, 3.05) is 0 Å². The highest BCUT2D eigenvalue weighted by Gasteiger charge is 2.39. The van der Waals surface area contributed by atoms with Crippen LogP contribution < -0.4 is 4.74 Å². The molecule has 0 saturated heterocycles. The molecule has 3 aromatic carbocycles. The number of hydrogen-bond donors (Lipinski definition) is 0. The molecule has 0 heterocycles. The second kappa shape index (κ2) is 12.2. The Hall–Kier alpha value is -2.74. The van der Waals surface area contributed by atoms with E-state index in [1.54, 1.807) is 0 Å². The van der Waals surface area contributed by atoms with E-state index in [1.807, 2.05) is 0 Å². The minimum absolute atomic E-state index is 0.0255. The molecule has 0 amide bonds. The Morgan fingerprint density at radius 1 is 0.923 bits per heavy atom. The molecule has 0 saturated carbocycles. The fourth-order valence-electron chi connectivity index (χ4n) is 5.05. The van der Waals surface area contributed by atoms with Crippen LogP contribution in [-0.2, 0) is 12.5 Å². The minimum atomic E-state index is -4.44. The third kappa shape index (κ3) is 6.53. The fourth-order valence-corrected chi connectivity index (χ4v) is 5.25. The van der Waals surface area contributed by atoms with Crippen molar-refractivity contribution in [3.05, 3.63) is 87.2 Å². The molecule has 210 valence electrons. The molecule has 9 heteroatoms. The first-order valence-corrected chi connectivity index (χ1v) is 13.4. The molecule has 0 aliphatic heterocycles. The van der Waals surface area contributed by atoms with E-state index in [0.29, 0.717) is 30.5 Å². The summed E-state index contributed by atoms with van der Waals surface area (Å²) in [5, 5.41) is -1.87. The van der Waals surface area contributed by atoms with Gasteiger partial charge in [0.2, 0.25) is 0 Å². The monoisotopic (exact) mass is 572 g/mol. The fraction of sp³-hybridized carbons (Fsp3) is 0.400. The predicted molar refractivity (Wildman–Crippen MR) is 138 cm³/mol. The molecule has 0 N–H and O–H groups in total. The molecular weight excluding hydrogens is 545 g/mol.